The van der Waals surface area contributed by atoms with Crippen LogP contribution in [0.5, 0.6) is 0 Å². The number of nitrogens with one attached hydrogen (secondary N) is 1. The molecule has 4 nitrogen and oxygen atoms in total. The maximum absolute atomic E-state index is 12.9. The predicted octanol–water partition coefficient (Wildman–Crippen LogP) is 3.24. The molecule has 5 heteroatoms. The molecule has 2 fully saturated rings. The zero-order chi connectivity index (χ0) is 15.1. The maximum atomic E-state index is 12.9. The standard InChI is InChI=1S/C17H20BrN3O/c18-13-5-4-12-9-16(19-15(12)10-13)17(22)21-8-2-7-20-6-1-3-14(20)11-21/h4-5,9-10,14,19H,1-3,6-8,11H2. The summed E-state index contributed by atoms with van der Waals surface area (Å²) in [5.74, 6) is 0.140. The average molecular weight is 362 g/mol. The lowest BCUT2D eigenvalue weighted by molar-refractivity contribution is 0.0738. The van der Waals surface area contributed by atoms with Crippen molar-refractivity contribution in [3.63, 3.8) is 0 Å². The van der Waals surface area contributed by atoms with Crippen LogP contribution in [0.4, 0.5) is 0 Å². The molecule has 2 saturated heterocycles. The Kier molecular flexibility index (Phi) is 3.70. The van der Waals surface area contributed by atoms with Gasteiger partial charge in [-0.25, -0.2) is 0 Å². The molecule has 0 aliphatic carbocycles. The molecule has 1 N–H and O–H groups in total. The predicted molar refractivity (Wildman–Crippen MR) is 91.1 cm³/mol. The van der Waals surface area contributed by atoms with E-state index in [1.54, 1.807) is 0 Å². The van der Waals surface area contributed by atoms with Crippen LogP contribution in [0.2, 0.25) is 0 Å². The number of rotatable bonds is 1. The van der Waals surface area contributed by atoms with Gasteiger partial charge < -0.3 is 9.88 Å². The first-order chi connectivity index (χ1) is 10.7. The third-order valence-corrected chi connectivity index (χ3v) is 5.40. The summed E-state index contributed by atoms with van der Waals surface area (Å²) in [6.07, 6.45) is 3.57. The lowest BCUT2D eigenvalue weighted by Gasteiger charge is -2.25. The number of hydrogen-bond donors (Lipinski definition) is 1. The van der Waals surface area contributed by atoms with Crippen LogP contribution in [-0.2, 0) is 0 Å². The number of halogens is 1. The van der Waals surface area contributed by atoms with E-state index in [4.69, 9.17) is 0 Å². The zero-order valence-electron chi connectivity index (χ0n) is 12.5. The van der Waals surface area contributed by atoms with Gasteiger partial charge in [0.15, 0.2) is 0 Å². The topological polar surface area (TPSA) is 39.3 Å². The van der Waals surface area contributed by atoms with Crippen LogP contribution in [-0.4, -0.2) is 52.9 Å². The van der Waals surface area contributed by atoms with Crippen molar-refractivity contribution in [1.29, 1.82) is 0 Å². The van der Waals surface area contributed by atoms with Crippen LogP contribution in [0, 0.1) is 0 Å². The van der Waals surface area contributed by atoms with E-state index in [0.29, 0.717) is 11.7 Å². The van der Waals surface area contributed by atoms with Gasteiger partial charge in [-0.3, -0.25) is 9.69 Å². The van der Waals surface area contributed by atoms with Gasteiger partial charge in [0.25, 0.3) is 5.91 Å². The Morgan fingerprint density at radius 3 is 2.95 bits per heavy atom. The van der Waals surface area contributed by atoms with E-state index in [1.807, 2.05) is 29.2 Å². The van der Waals surface area contributed by atoms with Crippen molar-refractivity contribution in [2.24, 2.45) is 0 Å². The number of carbonyl (C=O) groups is 1. The first-order valence-electron chi connectivity index (χ1n) is 8.02. The SMILES string of the molecule is O=C(c1cc2ccc(Br)cc2[nH]1)N1CCCN2CCCC2C1. The van der Waals surface area contributed by atoms with Crippen molar-refractivity contribution in [3.8, 4) is 0 Å². The monoisotopic (exact) mass is 361 g/mol. The van der Waals surface area contributed by atoms with E-state index < -0.39 is 0 Å². The molecule has 4 rings (SSSR count). The highest BCUT2D eigenvalue weighted by Gasteiger charge is 2.31. The van der Waals surface area contributed by atoms with Gasteiger partial charge in [-0.15, -0.1) is 0 Å². The van der Waals surface area contributed by atoms with Crippen molar-refractivity contribution in [2.45, 2.75) is 25.3 Å². The van der Waals surface area contributed by atoms with Gasteiger partial charge in [0.05, 0.1) is 0 Å². The second-order valence-electron chi connectivity index (χ2n) is 6.35. The number of fused-ring (bicyclic) bond motifs is 2. The molecular formula is C17H20BrN3O. The molecule has 22 heavy (non-hydrogen) atoms. The van der Waals surface area contributed by atoms with E-state index in [9.17, 15) is 4.79 Å². The van der Waals surface area contributed by atoms with Crippen molar-refractivity contribution in [2.75, 3.05) is 26.2 Å². The molecule has 0 saturated carbocycles. The van der Waals surface area contributed by atoms with Gasteiger partial charge in [-0.1, -0.05) is 22.0 Å². The lowest BCUT2D eigenvalue weighted by atomic mass is 10.2. The number of aromatic amines is 1. The molecule has 1 unspecified atom stereocenters. The molecular weight excluding hydrogens is 342 g/mol. The second-order valence-corrected chi connectivity index (χ2v) is 7.27. The highest BCUT2D eigenvalue weighted by atomic mass is 79.9. The second kappa shape index (κ2) is 5.70. The first-order valence-corrected chi connectivity index (χ1v) is 8.81. The van der Waals surface area contributed by atoms with Gasteiger partial charge in [0.1, 0.15) is 5.69 Å². The van der Waals surface area contributed by atoms with E-state index in [0.717, 1.165) is 41.4 Å². The molecule has 1 atom stereocenters. The first kappa shape index (κ1) is 14.3. The van der Waals surface area contributed by atoms with E-state index in [1.165, 1.54) is 19.4 Å². The zero-order valence-corrected chi connectivity index (χ0v) is 14.1. The fraction of sp³-hybridized carbons (Fsp3) is 0.471. The molecule has 116 valence electrons. The Morgan fingerprint density at radius 2 is 2.05 bits per heavy atom. The number of carbonyl (C=O) groups excluding carboxylic acids is 1. The minimum atomic E-state index is 0.140. The summed E-state index contributed by atoms with van der Waals surface area (Å²) in [7, 11) is 0. The quantitative estimate of drug-likeness (QED) is 0.846. The normalized spacial score (nSPS) is 22.8. The molecule has 3 heterocycles. The van der Waals surface area contributed by atoms with Crippen LogP contribution >= 0.6 is 15.9 Å². The van der Waals surface area contributed by atoms with Crippen LogP contribution in [0.25, 0.3) is 10.9 Å². The Hall–Kier alpha value is -1.33. The fourth-order valence-electron chi connectivity index (χ4n) is 3.78. The molecule has 1 aromatic carbocycles. The summed E-state index contributed by atoms with van der Waals surface area (Å²) in [5, 5.41) is 1.09. The molecule has 2 aromatic rings. The van der Waals surface area contributed by atoms with E-state index in [2.05, 4.69) is 25.8 Å². The Labute approximate surface area is 138 Å². The number of benzene rings is 1. The van der Waals surface area contributed by atoms with Crippen LogP contribution in [0.3, 0.4) is 0 Å². The number of aromatic nitrogens is 1. The molecule has 1 aromatic heterocycles. The van der Waals surface area contributed by atoms with Crippen molar-refractivity contribution >= 4 is 32.7 Å². The fourth-order valence-corrected chi connectivity index (χ4v) is 4.14. The minimum Gasteiger partial charge on any atom is -0.350 e. The molecule has 0 radical (unpaired) electrons. The molecule has 2 aliphatic heterocycles. The molecule has 0 spiro atoms. The molecule has 1 amide bonds. The van der Waals surface area contributed by atoms with Crippen LogP contribution < -0.4 is 0 Å². The summed E-state index contributed by atoms with van der Waals surface area (Å²) in [6, 6.07) is 8.60. The number of amides is 1. The van der Waals surface area contributed by atoms with Gasteiger partial charge in [0, 0.05) is 41.1 Å². The molecule has 0 bridgehead atoms. The summed E-state index contributed by atoms with van der Waals surface area (Å²) >= 11 is 3.48. The largest absolute Gasteiger partial charge is 0.350 e. The van der Waals surface area contributed by atoms with Crippen molar-refractivity contribution in [1.82, 2.24) is 14.8 Å². The lowest BCUT2D eigenvalue weighted by Crippen LogP contribution is -2.39. The number of hydrogen-bond acceptors (Lipinski definition) is 2. The van der Waals surface area contributed by atoms with Crippen molar-refractivity contribution < 1.29 is 4.79 Å². The summed E-state index contributed by atoms with van der Waals surface area (Å²) in [6.45, 7) is 4.07. The van der Waals surface area contributed by atoms with Crippen LogP contribution in [0.15, 0.2) is 28.7 Å². The third-order valence-electron chi connectivity index (χ3n) is 4.91. The summed E-state index contributed by atoms with van der Waals surface area (Å²) in [4.78, 5) is 20.7. The smallest absolute Gasteiger partial charge is 0.270 e. The van der Waals surface area contributed by atoms with Gasteiger partial charge in [-0.05, 0) is 44.0 Å². The van der Waals surface area contributed by atoms with Gasteiger partial charge in [-0.2, -0.15) is 0 Å². The molecule has 2 aliphatic rings. The Bertz CT molecular complexity index is 711. The van der Waals surface area contributed by atoms with E-state index in [-0.39, 0.29) is 5.91 Å². The number of H-pyrrole nitrogens is 1. The Morgan fingerprint density at radius 1 is 1.18 bits per heavy atom. The van der Waals surface area contributed by atoms with Crippen molar-refractivity contribution in [3.05, 3.63) is 34.4 Å². The van der Waals surface area contributed by atoms with Gasteiger partial charge in [0.2, 0.25) is 0 Å². The van der Waals surface area contributed by atoms with Crippen LogP contribution in [0.1, 0.15) is 29.8 Å². The average Bonchev–Trinajstić information content (AvgIpc) is 3.07. The highest BCUT2D eigenvalue weighted by molar-refractivity contribution is 9.10. The summed E-state index contributed by atoms with van der Waals surface area (Å²) in [5.41, 5.74) is 1.72. The number of nitrogens with zero attached hydrogens (tertiary/aromatic N) is 2. The Balaban J connectivity index is 1.59. The highest BCUT2D eigenvalue weighted by Crippen LogP contribution is 2.24. The minimum absolute atomic E-state index is 0.140. The third kappa shape index (κ3) is 2.57. The summed E-state index contributed by atoms with van der Waals surface area (Å²) < 4.78 is 1.03. The van der Waals surface area contributed by atoms with E-state index >= 15 is 0 Å². The maximum Gasteiger partial charge on any atom is 0.270 e. The van der Waals surface area contributed by atoms with Gasteiger partial charge >= 0.3 is 0 Å².